The second-order valence-electron chi connectivity index (χ2n) is 3.87. The van der Waals surface area contributed by atoms with Gasteiger partial charge in [-0.2, -0.15) is 8.42 Å². The van der Waals surface area contributed by atoms with E-state index in [-0.39, 0.29) is 12.4 Å². The largest absolute Gasteiger partial charge is 0.460 e. The van der Waals surface area contributed by atoms with Crippen LogP contribution in [0, 0.1) is 6.92 Å². The zero-order chi connectivity index (χ0) is 14.2. The number of furan rings is 1. The molecular formula is C12H11FO5S. The van der Waals surface area contributed by atoms with Gasteiger partial charge in [-0.15, -0.1) is 3.89 Å². The molecule has 0 atom stereocenters. The number of benzene rings is 1. The Morgan fingerprint density at radius 2 is 2.11 bits per heavy atom. The van der Waals surface area contributed by atoms with Crippen LogP contribution in [-0.2, 0) is 15.0 Å². The first kappa shape index (κ1) is 13.5. The number of fused-ring (bicyclic) bond motifs is 1. The van der Waals surface area contributed by atoms with Crippen molar-refractivity contribution < 1.29 is 26.3 Å². The highest BCUT2D eigenvalue weighted by molar-refractivity contribution is 7.86. The Bertz CT molecular complexity index is 745. The number of esters is 1. The van der Waals surface area contributed by atoms with Crippen LogP contribution in [0.4, 0.5) is 3.89 Å². The molecule has 0 aliphatic rings. The average molecular weight is 286 g/mol. The summed E-state index contributed by atoms with van der Waals surface area (Å²) in [6.07, 6.45) is 0. The molecular weight excluding hydrogens is 275 g/mol. The lowest BCUT2D eigenvalue weighted by molar-refractivity contribution is 0.0491. The van der Waals surface area contributed by atoms with Crippen molar-refractivity contribution in [2.24, 2.45) is 0 Å². The second kappa shape index (κ2) is 4.65. The number of rotatable bonds is 3. The Morgan fingerprint density at radius 3 is 2.68 bits per heavy atom. The van der Waals surface area contributed by atoms with Crippen molar-refractivity contribution in [2.45, 2.75) is 18.7 Å². The van der Waals surface area contributed by atoms with Gasteiger partial charge in [0.2, 0.25) is 5.76 Å². The minimum atomic E-state index is -4.79. The molecule has 0 aliphatic heterocycles. The lowest BCUT2D eigenvalue weighted by Gasteiger charge is -1.98. The van der Waals surface area contributed by atoms with E-state index in [0.717, 1.165) is 12.1 Å². The fourth-order valence-corrected chi connectivity index (χ4v) is 2.23. The fourth-order valence-electron chi connectivity index (χ4n) is 1.74. The SMILES string of the molecule is CCOC(=O)c1oc2ccc(S(=O)(=O)F)cc2c1C. The van der Waals surface area contributed by atoms with E-state index in [1.807, 2.05) is 0 Å². The van der Waals surface area contributed by atoms with E-state index >= 15 is 0 Å². The van der Waals surface area contributed by atoms with E-state index < -0.39 is 21.1 Å². The maximum atomic E-state index is 12.9. The molecule has 0 radical (unpaired) electrons. The maximum absolute atomic E-state index is 12.9. The van der Waals surface area contributed by atoms with Gasteiger partial charge in [0.1, 0.15) is 5.58 Å². The van der Waals surface area contributed by atoms with Crippen LogP contribution in [0.5, 0.6) is 0 Å². The topological polar surface area (TPSA) is 73.6 Å². The van der Waals surface area contributed by atoms with Crippen molar-refractivity contribution in [3.8, 4) is 0 Å². The van der Waals surface area contributed by atoms with Gasteiger partial charge in [-0.3, -0.25) is 0 Å². The minimum Gasteiger partial charge on any atom is -0.460 e. The molecule has 19 heavy (non-hydrogen) atoms. The molecule has 1 aromatic heterocycles. The van der Waals surface area contributed by atoms with Gasteiger partial charge in [0, 0.05) is 10.9 Å². The van der Waals surface area contributed by atoms with Crippen LogP contribution in [-0.4, -0.2) is 21.0 Å². The van der Waals surface area contributed by atoms with Gasteiger partial charge in [-0.1, -0.05) is 0 Å². The molecule has 0 spiro atoms. The highest BCUT2D eigenvalue weighted by Crippen LogP contribution is 2.28. The zero-order valence-electron chi connectivity index (χ0n) is 10.3. The molecule has 0 aliphatic carbocycles. The Hall–Kier alpha value is -1.89. The summed E-state index contributed by atoms with van der Waals surface area (Å²) in [5.74, 6) is -0.647. The summed E-state index contributed by atoms with van der Waals surface area (Å²) in [5.41, 5.74) is 0.715. The monoisotopic (exact) mass is 286 g/mol. The average Bonchev–Trinajstić information content (AvgIpc) is 2.66. The molecule has 0 unspecified atom stereocenters. The number of ether oxygens (including phenoxy) is 1. The van der Waals surface area contributed by atoms with Gasteiger partial charge in [0.25, 0.3) is 0 Å². The third-order valence-electron chi connectivity index (χ3n) is 2.65. The van der Waals surface area contributed by atoms with Crippen LogP contribution in [0.25, 0.3) is 11.0 Å². The third-order valence-corrected chi connectivity index (χ3v) is 3.47. The Balaban J connectivity index is 2.62. The summed E-state index contributed by atoms with van der Waals surface area (Å²) in [4.78, 5) is 11.1. The van der Waals surface area contributed by atoms with Crippen molar-refractivity contribution >= 4 is 27.2 Å². The number of hydrogen-bond donors (Lipinski definition) is 0. The molecule has 2 rings (SSSR count). The summed E-state index contributed by atoms with van der Waals surface area (Å²) in [6, 6.07) is 3.51. The highest BCUT2D eigenvalue weighted by Gasteiger charge is 2.21. The molecule has 0 fully saturated rings. The molecule has 1 aromatic carbocycles. The van der Waals surface area contributed by atoms with Gasteiger partial charge in [0.05, 0.1) is 11.5 Å². The van der Waals surface area contributed by atoms with Gasteiger partial charge in [-0.25, -0.2) is 4.79 Å². The number of halogens is 1. The molecule has 0 amide bonds. The van der Waals surface area contributed by atoms with Gasteiger partial charge < -0.3 is 9.15 Å². The van der Waals surface area contributed by atoms with Crippen LogP contribution >= 0.6 is 0 Å². The quantitative estimate of drug-likeness (QED) is 0.640. The molecule has 2 aromatic rings. The van der Waals surface area contributed by atoms with E-state index in [4.69, 9.17) is 9.15 Å². The lowest BCUT2D eigenvalue weighted by Crippen LogP contribution is -2.04. The fraction of sp³-hybridized carbons (Fsp3) is 0.250. The van der Waals surface area contributed by atoms with E-state index in [2.05, 4.69) is 0 Å². The van der Waals surface area contributed by atoms with Crippen LogP contribution < -0.4 is 0 Å². The maximum Gasteiger partial charge on any atom is 0.374 e. The third kappa shape index (κ3) is 2.46. The van der Waals surface area contributed by atoms with E-state index in [0.29, 0.717) is 16.5 Å². The normalized spacial score (nSPS) is 11.7. The van der Waals surface area contributed by atoms with Crippen molar-refractivity contribution in [3.05, 3.63) is 29.5 Å². The smallest absolute Gasteiger partial charge is 0.374 e. The van der Waals surface area contributed by atoms with Crippen LogP contribution in [0.2, 0.25) is 0 Å². The first-order valence-electron chi connectivity index (χ1n) is 5.49. The van der Waals surface area contributed by atoms with Crippen molar-refractivity contribution in [1.82, 2.24) is 0 Å². The molecule has 7 heteroatoms. The van der Waals surface area contributed by atoms with E-state index in [1.54, 1.807) is 13.8 Å². The van der Waals surface area contributed by atoms with Gasteiger partial charge >= 0.3 is 16.2 Å². The lowest BCUT2D eigenvalue weighted by atomic mass is 10.1. The minimum absolute atomic E-state index is 0.00902. The molecule has 0 bridgehead atoms. The van der Waals surface area contributed by atoms with Crippen LogP contribution in [0.1, 0.15) is 23.0 Å². The molecule has 0 N–H and O–H groups in total. The highest BCUT2D eigenvalue weighted by atomic mass is 32.3. The predicted octanol–water partition coefficient (Wildman–Crippen LogP) is 2.58. The summed E-state index contributed by atoms with van der Waals surface area (Å²) >= 11 is 0. The standard InChI is InChI=1S/C12H11FO5S/c1-3-17-12(14)11-7(2)9-6-8(19(13,15)16)4-5-10(9)18-11/h4-6H,3H2,1-2H3. The Morgan fingerprint density at radius 1 is 1.42 bits per heavy atom. The first-order valence-corrected chi connectivity index (χ1v) is 6.88. The summed E-state index contributed by atoms with van der Waals surface area (Å²) in [7, 11) is -4.79. The summed E-state index contributed by atoms with van der Waals surface area (Å²) in [5, 5.41) is 0.363. The van der Waals surface area contributed by atoms with Crippen LogP contribution in [0.15, 0.2) is 27.5 Å². The number of hydrogen-bond acceptors (Lipinski definition) is 5. The first-order chi connectivity index (χ1) is 8.84. The number of carbonyl (C=O) groups is 1. The predicted molar refractivity (Wildman–Crippen MR) is 65.2 cm³/mol. The molecule has 5 nitrogen and oxygen atoms in total. The Kier molecular flexibility index (Phi) is 3.32. The molecule has 0 saturated heterocycles. The van der Waals surface area contributed by atoms with Gasteiger partial charge in [0.15, 0.2) is 0 Å². The van der Waals surface area contributed by atoms with E-state index in [1.165, 1.54) is 6.07 Å². The van der Waals surface area contributed by atoms with Crippen LogP contribution in [0.3, 0.4) is 0 Å². The molecule has 0 saturated carbocycles. The van der Waals surface area contributed by atoms with Crippen molar-refractivity contribution in [3.63, 3.8) is 0 Å². The van der Waals surface area contributed by atoms with E-state index in [9.17, 15) is 17.1 Å². The molecule has 1 heterocycles. The summed E-state index contributed by atoms with van der Waals surface area (Å²) < 4.78 is 44.7. The van der Waals surface area contributed by atoms with Gasteiger partial charge in [-0.05, 0) is 32.0 Å². The number of aryl methyl sites for hydroxylation is 1. The molecule has 102 valence electrons. The summed E-state index contributed by atoms with van der Waals surface area (Å²) in [6.45, 7) is 3.43. The second-order valence-corrected chi connectivity index (χ2v) is 5.22. The zero-order valence-corrected chi connectivity index (χ0v) is 11.1. The van der Waals surface area contributed by atoms with Crippen molar-refractivity contribution in [2.75, 3.05) is 6.61 Å². The number of carbonyl (C=O) groups excluding carboxylic acids is 1. The van der Waals surface area contributed by atoms with Crippen molar-refractivity contribution in [1.29, 1.82) is 0 Å². The Labute approximate surface area is 109 Å².